The zero-order chi connectivity index (χ0) is 8.81. The minimum Gasteiger partial charge on any atom is -0.179 e. The molecule has 12 heavy (non-hydrogen) atoms. The second-order valence-electron chi connectivity index (χ2n) is 2.75. The summed E-state index contributed by atoms with van der Waals surface area (Å²) >= 11 is 6.23. The van der Waals surface area contributed by atoms with Crippen LogP contribution in [0.3, 0.4) is 0 Å². The summed E-state index contributed by atoms with van der Waals surface area (Å²) in [6.45, 7) is 0. The third-order valence-corrected chi connectivity index (χ3v) is 3.04. The fourth-order valence-corrected chi connectivity index (χ4v) is 2.41. The standard InChI is InChI=1S/C10H14S2/c1-12-8-10(7-11)9-5-3-2-4-6-9/h2-6,10-11H,7-8H2,1H3. The van der Waals surface area contributed by atoms with Crippen molar-refractivity contribution in [3.8, 4) is 0 Å². The number of hydrogen-bond donors (Lipinski definition) is 1. The van der Waals surface area contributed by atoms with Gasteiger partial charge in [0.15, 0.2) is 0 Å². The molecule has 0 saturated carbocycles. The molecule has 1 unspecified atom stereocenters. The molecule has 0 nitrogen and oxygen atoms in total. The summed E-state index contributed by atoms with van der Waals surface area (Å²) in [6, 6.07) is 10.6. The van der Waals surface area contributed by atoms with Crippen LogP contribution in [0.4, 0.5) is 0 Å². The van der Waals surface area contributed by atoms with E-state index < -0.39 is 0 Å². The Kier molecular flexibility index (Phi) is 4.62. The molecule has 1 aromatic rings. The van der Waals surface area contributed by atoms with Gasteiger partial charge in [-0.2, -0.15) is 24.4 Å². The van der Waals surface area contributed by atoms with E-state index in [0.29, 0.717) is 5.92 Å². The maximum absolute atomic E-state index is 4.35. The van der Waals surface area contributed by atoms with Crippen LogP contribution in [0.1, 0.15) is 11.5 Å². The number of thioether (sulfide) groups is 1. The van der Waals surface area contributed by atoms with Crippen LogP contribution in [0.15, 0.2) is 30.3 Å². The topological polar surface area (TPSA) is 0 Å². The third-order valence-electron chi connectivity index (χ3n) is 1.86. The molecule has 0 fully saturated rings. The van der Waals surface area contributed by atoms with E-state index in [1.54, 1.807) is 0 Å². The lowest BCUT2D eigenvalue weighted by Crippen LogP contribution is -2.02. The van der Waals surface area contributed by atoms with Gasteiger partial charge in [0.2, 0.25) is 0 Å². The van der Waals surface area contributed by atoms with Gasteiger partial charge < -0.3 is 0 Å². The Morgan fingerprint density at radius 1 is 1.33 bits per heavy atom. The van der Waals surface area contributed by atoms with Crippen molar-refractivity contribution in [1.82, 2.24) is 0 Å². The normalized spacial score (nSPS) is 12.8. The monoisotopic (exact) mass is 198 g/mol. The minimum atomic E-state index is 0.601. The van der Waals surface area contributed by atoms with Crippen LogP contribution in [0, 0.1) is 0 Å². The smallest absolute Gasteiger partial charge is 0.00171 e. The van der Waals surface area contributed by atoms with Crippen molar-refractivity contribution >= 4 is 24.4 Å². The van der Waals surface area contributed by atoms with Gasteiger partial charge in [0.1, 0.15) is 0 Å². The average Bonchev–Trinajstić information content (AvgIpc) is 2.15. The molecule has 0 bridgehead atoms. The van der Waals surface area contributed by atoms with Crippen LogP contribution in [-0.4, -0.2) is 17.8 Å². The minimum absolute atomic E-state index is 0.601. The predicted molar refractivity (Wildman–Crippen MR) is 61.4 cm³/mol. The molecule has 0 aromatic heterocycles. The molecule has 66 valence electrons. The highest BCUT2D eigenvalue weighted by molar-refractivity contribution is 7.98. The van der Waals surface area contributed by atoms with Gasteiger partial charge in [-0.05, 0) is 17.6 Å². The van der Waals surface area contributed by atoms with Crippen molar-refractivity contribution in [1.29, 1.82) is 0 Å². The Hall–Kier alpha value is -0.0800. The highest BCUT2D eigenvalue weighted by Gasteiger charge is 2.07. The maximum atomic E-state index is 4.35. The molecule has 0 heterocycles. The fraction of sp³-hybridized carbons (Fsp3) is 0.400. The molecule has 0 aliphatic carbocycles. The first-order valence-corrected chi connectivity index (χ1v) is 6.06. The third kappa shape index (κ3) is 2.76. The SMILES string of the molecule is CSCC(CS)c1ccccc1. The summed E-state index contributed by atoms with van der Waals surface area (Å²) in [7, 11) is 0. The van der Waals surface area contributed by atoms with Crippen molar-refractivity contribution in [2.24, 2.45) is 0 Å². The lowest BCUT2D eigenvalue weighted by molar-refractivity contribution is 0.899. The molecule has 2 heteroatoms. The Balaban J connectivity index is 2.66. The molecule has 0 N–H and O–H groups in total. The summed E-state index contributed by atoms with van der Waals surface area (Å²) in [6.07, 6.45) is 2.14. The molecular weight excluding hydrogens is 184 g/mol. The van der Waals surface area contributed by atoms with Gasteiger partial charge in [0.05, 0.1) is 0 Å². The fourth-order valence-electron chi connectivity index (χ4n) is 1.18. The Labute approximate surface area is 84.2 Å². The number of hydrogen-bond acceptors (Lipinski definition) is 2. The van der Waals surface area contributed by atoms with Gasteiger partial charge >= 0.3 is 0 Å². The van der Waals surface area contributed by atoms with Crippen LogP contribution in [0.2, 0.25) is 0 Å². The van der Waals surface area contributed by atoms with E-state index in [9.17, 15) is 0 Å². The van der Waals surface area contributed by atoms with Crippen molar-refractivity contribution in [2.75, 3.05) is 17.8 Å². The van der Waals surface area contributed by atoms with Crippen molar-refractivity contribution in [2.45, 2.75) is 5.92 Å². The summed E-state index contributed by atoms with van der Waals surface area (Å²) in [5.41, 5.74) is 1.40. The van der Waals surface area contributed by atoms with Gasteiger partial charge in [-0.3, -0.25) is 0 Å². The molecule has 1 rings (SSSR count). The maximum Gasteiger partial charge on any atom is 0.00171 e. The first-order valence-electron chi connectivity index (χ1n) is 4.03. The molecule has 0 saturated heterocycles. The number of benzene rings is 1. The van der Waals surface area contributed by atoms with Gasteiger partial charge in [-0.1, -0.05) is 30.3 Å². The highest BCUT2D eigenvalue weighted by Crippen LogP contribution is 2.20. The van der Waals surface area contributed by atoms with E-state index >= 15 is 0 Å². The number of rotatable bonds is 4. The molecule has 0 aliphatic heterocycles. The lowest BCUT2D eigenvalue weighted by Gasteiger charge is -2.12. The van der Waals surface area contributed by atoms with E-state index in [1.807, 2.05) is 11.8 Å². The van der Waals surface area contributed by atoms with Crippen LogP contribution < -0.4 is 0 Å². The summed E-state index contributed by atoms with van der Waals surface area (Å²) < 4.78 is 0. The molecule has 1 aromatic carbocycles. The van der Waals surface area contributed by atoms with Crippen LogP contribution in [-0.2, 0) is 0 Å². The molecule has 1 atom stereocenters. The summed E-state index contributed by atoms with van der Waals surface area (Å²) in [5.74, 6) is 2.70. The second-order valence-corrected chi connectivity index (χ2v) is 4.02. The quantitative estimate of drug-likeness (QED) is 0.726. The van der Waals surface area contributed by atoms with E-state index in [1.165, 1.54) is 5.56 Å². The second kappa shape index (κ2) is 5.55. The molecule has 0 spiro atoms. The van der Waals surface area contributed by atoms with Gasteiger partial charge in [0, 0.05) is 11.7 Å². The molecule has 0 aliphatic rings. The van der Waals surface area contributed by atoms with Crippen molar-refractivity contribution in [3.63, 3.8) is 0 Å². The highest BCUT2D eigenvalue weighted by atomic mass is 32.2. The molecular formula is C10H14S2. The summed E-state index contributed by atoms with van der Waals surface area (Å²) in [5, 5.41) is 0. The van der Waals surface area contributed by atoms with Gasteiger partial charge in [-0.15, -0.1) is 0 Å². The Bertz CT molecular complexity index is 208. The number of thiol groups is 1. The largest absolute Gasteiger partial charge is 0.179 e. The van der Waals surface area contributed by atoms with E-state index in [-0.39, 0.29) is 0 Å². The first kappa shape index (κ1) is 10.0. The Morgan fingerprint density at radius 3 is 2.50 bits per heavy atom. The van der Waals surface area contributed by atoms with Gasteiger partial charge in [0.25, 0.3) is 0 Å². The van der Waals surface area contributed by atoms with Crippen LogP contribution >= 0.6 is 24.4 Å². The molecule has 0 amide bonds. The zero-order valence-corrected chi connectivity index (χ0v) is 8.94. The van der Waals surface area contributed by atoms with Gasteiger partial charge in [-0.25, -0.2) is 0 Å². The predicted octanol–water partition coefficient (Wildman–Crippen LogP) is 3.06. The van der Waals surface area contributed by atoms with Crippen LogP contribution in [0.5, 0.6) is 0 Å². The van der Waals surface area contributed by atoms with E-state index in [2.05, 4.69) is 49.2 Å². The zero-order valence-electron chi connectivity index (χ0n) is 7.23. The summed E-state index contributed by atoms with van der Waals surface area (Å²) in [4.78, 5) is 0. The van der Waals surface area contributed by atoms with Crippen molar-refractivity contribution in [3.05, 3.63) is 35.9 Å². The van der Waals surface area contributed by atoms with Crippen LogP contribution in [0.25, 0.3) is 0 Å². The van der Waals surface area contributed by atoms with Crippen molar-refractivity contribution < 1.29 is 0 Å². The first-order chi connectivity index (χ1) is 5.88. The van der Waals surface area contributed by atoms with E-state index in [4.69, 9.17) is 0 Å². The lowest BCUT2D eigenvalue weighted by atomic mass is 10.0. The average molecular weight is 198 g/mol. The Morgan fingerprint density at radius 2 is 2.00 bits per heavy atom. The molecule has 0 radical (unpaired) electrons. The van der Waals surface area contributed by atoms with E-state index in [0.717, 1.165) is 11.5 Å².